The highest BCUT2D eigenvalue weighted by molar-refractivity contribution is 7.00. The average molecular weight is 1140 g/mol. The molecule has 0 saturated heterocycles. The van der Waals surface area contributed by atoms with Crippen LogP contribution in [0.5, 0.6) is 0 Å². The molecule has 9 aromatic carbocycles. The Kier molecular flexibility index (Phi) is 12.4. The number of rotatable bonds is 5. The molecule has 0 radical (unpaired) electrons. The van der Waals surface area contributed by atoms with Gasteiger partial charge in [-0.05, 0) is 159 Å². The highest BCUT2D eigenvalue weighted by Gasteiger charge is 2.43. The summed E-state index contributed by atoms with van der Waals surface area (Å²) in [4.78, 5) is 10.9. The van der Waals surface area contributed by atoms with Gasteiger partial charge in [-0.15, -0.1) is 0 Å². The van der Waals surface area contributed by atoms with Gasteiger partial charge in [-0.3, -0.25) is 0 Å². The molecule has 0 fully saturated rings. The maximum Gasteiger partial charge on any atom is 0.252 e. The van der Waals surface area contributed by atoms with Crippen molar-refractivity contribution < 1.29 is 0 Å². The second-order valence-corrected chi connectivity index (χ2v) is 31.7. The van der Waals surface area contributed by atoms with Crippen LogP contribution in [-0.2, 0) is 32.5 Å². The predicted octanol–water partition coefficient (Wildman–Crippen LogP) is 19.9. The first kappa shape index (κ1) is 56.5. The molecule has 3 aromatic heterocycles. The van der Waals surface area contributed by atoms with Crippen LogP contribution in [0.2, 0.25) is 0 Å². The van der Waals surface area contributed by atoms with Crippen LogP contribution in [0.3, 0.4) is 0 Å². The summed E-state index contributed by atoms with van der Waals surface area (Å²) in [7, 11) is 0. The lowest BCUT2D eigenvalue weighted by Crippen LogP contribution is -2.59. The van der Waals surface area contributed by atoms with Gasteiger partial charge in [0.25, 0.3) is 6.71 Å². The molecule has 12 aromatic rings. The third kappa shape index (κ3) is 9.40. The highest BCUT2D eigenvalue weighted by Crippen LogP contribution is 2.46. The third-order valence-electron chi connectivity index (χ3n) is 19.2. The normalized spacial score (nSPS) is 13.6. The molecule has 4 nitrogen and oxygen atoms in total. The van der Waals surface area contributed by atoms with Crippen LogP contribution in [-0.4, -0.2) is 25.8 Å². The molecule has 0 atom stereocenters. The van der Waals surface area contributed by atoms with Crippen LogP contribution < -0.4 is 16.4 Å². The summed E-state index contributed by atoms with van der Waals surface area (Å²) >= 11 is 0. The molecule has 0 saturated carbocycles. The maximum atomic E-state index is 5.58. The van der Waals surface area contributed by atoms with E-state index >= 15 is 0 Å². The molecule has 434 valence electrons. The molecular weight excluding hydrogens is 1050 g/mol. The van der Waals surface area contributed by atoms with Gasteiger partial charge in [0.15, 0.2) is 5.82 Å². The number of benzene rings is 9. The van der Waals surface area contributed by atoms with Crippen molar-refractivity contribution in [1.29, 1.82) is 0 Å². The van der Waals surface area contributed by atoms with E-state index in [0.717, 1.165) is 28.1 Å². The monoisotopic (exact) mass is 1130 g/mol. The van der Waals surface area contributed by atoms with Gasteiger partial charge in [-0.1, -0.05) is 246 Å². The van der Waals surface area contributed by atoms with Crippen molar-refractivity contribution in [2.75, 3.05) is 0 Å². The first-order valence-electron chi connectivity index (χ1n) is 31.7. The summed E-state index contributed by atoms with van der Waals surface area (Å²) in [6.45, 7) is 42.3. The van der Waals surface area contributed by atoms with Crippen LogP contribution in [0, 0.1) is 0 Å². The first-order chi connectivity index (χ1) is 40.9. The van der Waals surface area contributed by atoms with Crippen molar-refractivity contribution in [3.05, 3.63) is 209 Å². The zero-order chi connectivity index (χ0) is 61.4. The Labute approximate surface area is 516 Å². The Bertz CT molecular complexity index is 4470. The summed E-state index contributed by atoms with van der Waals surface area (Å²) in [5.41, 5.74) is 29.0. The van der Waals surface area contributed by atoms with Crippen molar-refractivity contribution >= 4 is 66.7 Å². The summed E-state index contributed by atoms with van der Waals surface area (Å²) in [5.74, 6) is 0.703. The molecule has 2 aliphatic rings. The van der Waals surface area contributed by atoms with Crippen molar-refractivity contribution in [3.8, 4) is 67.5 Å². The number of hydrogen-bond donors (Lipinski definition) is 0. The van der Waals surface area contributed by atoms with Crippen LogP contribution in [0.15, 0.2) is 176 Å². The lowest BCUT2D eigenvalue weighted by Gasteiger charge is -2.35. The molecule has 0 spiro atoms. The fraction of sp³-hybridized carbons (Fsp3) is 0.293. The molecule has 87 heavy (non-hydrogen) atoms. The standard InChI is InChI=1S/C82H83BN4/c1-77(2,3)55-33-52(34-56(41-55)78(4,5)6)50-29-31-69-61(37-50)63-43-59(81(13,14)15)45-65-74(63)86(69)71-39-54(68-47-67(48-25-21-19-22-26-48)84-76(85-68)49-27-23-20-24-28-49)40-72-73(71)83(65)66-46-60(82(16,17)18)44-64-62-38-51(30-32-70(62)87(72)75(64)66)53-35-57(79(7,8)9)42-58(36-53)80(10,11)12/h19-47H,1-18H3. The molecule has 0 amide bonds. The Hall–Kier alpha value is -8.28. The van der Waals surface area contributed by atoms with E-state index in [9.17, 15) is 0 Å². The van der Waals surface area contributed by atoms with E-state index in [2.05, 4.69) is 310 Å². The van der Waals surface area contributed by atoms with Crippen molar-refractivity contribution in [1.82, 2.24) is 19.1 Å². The van der Waals surface area contributed by atoms with Gasteiger partial charge in [-0.25, -0.2) is 9.97 Å². The van der Waals surface area contributed by atoms with Gasteiger partial charge in [0, 0.05) is 60.6 Å². The number of nitrogens with zero attached hydrogens (tertiary/aromatic N) is 4. The maximum absolute atomic E-state index is 5.58. The van der Waals surface area contributed by atoms with Crippen LogP contribution in [0.25, 0.3) is 111 Å². The summed E-state index contributed by atoms with van der Waals surface area (Å²) in [6.07, 6.45) is 0. The molecule has 0 bridgehead atoms. The lowest BCUT2D eigenvalue weighted by molar-refractivity contribution is 0.568. The van der Waals surface area contributed by atoms with Gasteiger partial charge < -0.3 is 9.13 Å². The minimum Gasteiger partial charge on any atom is -0.310 e. The number of aromatic nitrogens is 4. The molecular formula is C82H83BN4. The van der Waals surface area contributed by atoms with Crippen molar-refractivity contribution in [2.24, 2.45) is 0 Å². The van der Waals surface area contributed by atoms with Crippen LogP contribution >= 0.6 is 0 Å². The van der Waals surface area contributed by atoms with E-state index in [1.54, 1.807) is 0 Å². The largest absolute Gasteiger partial charge is 0.310 e. The topological polar surface area (TPSA) is 35.6 Å². The van der Waals surface area contributed by atoms with Gasteiger partial charge in [0.1, 0.15) is 0 Å². The average Bonchev–Trinajstić information content (AvgIpc) is 1.58. The van der Waals surface area contributed by atoms with E-state index in [-0.39, 0.29) is 39.2 Å². The molecule has 0 aliphatic carbocycles. The van der Waals surface area contributed by atoms with E-state index in [0.29, 0.717) is 5.82 Å². The molecule has 14 rings (SSSR count). The number of hydrogen-bond acceptors (Lipinski definition) is 2. The van der Waals surface area contributed by atoms with Crippen molar-refractivity contribution in [3.63, 3.8) is 0 Å². The molecule has 5 heterocycles. The zero-order valence-corrected chi connectivity index (χ0v) is 54.6. The van der Waals surface area contributed by atoms with Gasteiger partial charge >= 0.3 is 0 Å². The molecule has 5 heteroatoms. The Morgan fingerprint density at radius 3 is 1.02 bits per heavy atom. The Balaban J connectivity index is 1.13. The van der Waals surface area contributed by atoms with Crippen molar-refractivity contribution in [2.45, 2.75) is 157 Å². The van der Waals surface area contributed by atoms with Crippen LogP contribution in [0.4, 0.5) is 0 Å². The first-order valence-corrected chi connectivity index (χ1v) is 31.7. The zero-order valence-electron chi connectivity index (χ0n) is 54.6. The molecule has 0 N–H and O–H groups in total. The summed E-state index contributed by atoms with van der Waals surface area (Å²) < 4.78 is 5.29. The SMILES string of the molecule is CC(C)(C)c1cc(-c2ccc3c(c2)c2cc(C(C)(C)C)cc4c2n3-c2cc(-c3cc(-c5ccccc5)nc(-c5ccccc5)n3)cc3c2B4c2cc(C(C)(C)C)cc4c5cc(-c6cc(C(C)(C)C)cc(C(C)(C)C)c6)ccc5n-3c24)cc(C(C)(C)C)c1. The van der Waals surface area contributed by atoms with Gasteiger partial charge in [-0.2, -0.15) is 0 Å². The van der Waals surface area contributed by atoms with Gasteiger partial charge in [0.05, 0.1) is 22.4 Å². The minimum absolute atomic E-state index is 0.0182. The fourth-order valence-corrected chi connectivity index (χ4v) is 13.8. The lowest BCUT2D eigenvalue weighted by atomic mass is 9.34. The predicted molar refractivity (Wildman–Crippen MR) is 375 cm³/mol. The van der Waals surface area contributed by atoms with E-state index in [1.165, 1.54) is 127 Å². The van der Waals surface area contributed by atoms with E-state index < -0.39 is 0 Å². The quantitative estimate of drug-likeness (QED) is 0.161. The Morgan fingerprint density at radius 1 is 0.287 bits per heavy atom. The van der Waals surface area contributed by atoms with Crippen LogP contribution in [0.1, 0.15) is 158 Å². The fourth-order valence-electron chi connectivity index (χ4n) is 13.8. The molecule has 2 aliphatic heterocycles. The Morgan fingerprint density at radius 2 is 0.644 bits per heavy atom. The second-order valence-electron chi connectivity index (χ2n) is 31.7. The van der Waals surface area contributed by atoms with Gasteiger partial charge in [0.2, 0.25) is 0 Å². The number of fused-ring (bicyclic) bond motifs is 10. The summed E-state index contributed by atoms with van der Waals surface area (Å²) in [5, 5.41) is 5.12. The van der Waals surface area contributed by atoms with E-state index in [1.807, 2.05) is 0 Å². The second kappa shape index (κ2) is 19.1. The summed E-state index contributed by atoms with van der Waals surface area (Å²) in [6, 6.07) is 67.8. The smallest absolute Gasteiger partial charge is 0.252 e. The third-order valence-corrected chi connectivity index (χ3v) is 19.2. The van der Waals surface area contributed by atoms with E-state index in [4.69, 9.17) is 9.97 Å². The minimum atomic E-state index is -0.133. The molecule has 0 unspecified atom stereocenters. The highest BCUT2D eigenvalue weighted by atomic mass is 15.0.